The predicted octanol–water partition coefficient (Wildman–Crippen LogP) is 6.10. The Balaban J connectivity index is 1.55. The highest BCUT2D eigenvalue weighted by atomic mass is 32.2. The largest absolute Gasteiger partial charge is 0.416 e. The van der Waals surface area contributed by atoms with Crippen molar-refractivity contribution in [2.75, 3.05) is 11.6 Å². The van der Waals surface area contributed by atoms with E-state index in [1.807, 2.05) is 30.5 Å². The van der Waals surface area contributed by atoms with Crippen LogP contribution in [-0.4, -0.2) is 26.7 Å². The third-order valence-electron chi connectivity index (χ3n) is 4.79. The number of aromatic nitrogens is 3. The Morgan fingerprint density at radius 2 is 1.94 bits per heavy atom. The van der Waals surface area contributed by atoms with E-state index in [1.54, 1.807) is 40.9 Å². The van der Waals surface area contributed by atoms with Crippen molar-refractivity contribution in [1.29, 1.82) is 0 Å². The molecule has 4 rings (SSSR count). The number of thioether (sulfide) groups is 2. The summed E-state index contributed by atoms with van der Waals surface area (Å²) in [5, 5.41) is 3.42. The van der Waals surface area contributed by atoms with Gasteiger partial charge in [-0.15, -0.1) is 11.8 Å². The van der Waals surface area contributed by atoms with Crippen molar-refractivity contribution in [1.82, 2.24) is 14.5 Å². The van der Waals surface area contributed by atoms with Gasteiger partial charge in [0.2, 0.25) is 5.91 Å². The molecule has 0 fully saturated rings. The van der Waals surface area contributed by atoms with Crippen LogP contribution in [0.3, 0.4) is 0 Å². The third-order valence-corrected chi connectivity index (χ3v) is 6.57. The van der Waals surface area contributed by atoms with Gasteiger partial charge >= 0.3 is 6.18 Å². The summed E-state index contributed by atoms with van der Waals surface area (Å²) in [5.74, 6) is 0.0373. The average molecular weight is 489 g/mol. The van der Waals surface area contributed by atoms with E-state index in [9.17, 15) is 18.0 Å². The predicted molar refractivity (Wildman–Crippen MR) is 125 cm³/mol. The zero-order valence-electron chi connectivity index (χ0n) is 17.5. The fraction of sp³-hybridized carbons (Fsp3) is 0.174. The fourth-order valence-corrected chi connectivity index (χ4v) is 4.66. The molecular weight excluding hydrogens is 469 g/mol. The number of amides is 1. The molecule has 0 saturated heterocycles. The van der Waals surface area contributed by atoms with Gasteiger partial charge in [0.05, 0.1) is 22.8 Å². The number of fused-ring (bicyclic) bond motifs is 1. The van der Waals surface area contributed by atoms with Gasteiger partial charge in [0.1, 0.15) is 6.54 Å². The average Bonchev–Trinajstić information content (AvgIpc) is 3.14. The number of alkyl halides is 3. The van der Waals surface area contributed by atoms with Crippen LogP contribution in [0.1, 0.15) is 11.1 Å². The first-order valence-corrected chi connectivity index (χ1v) is 12.1. The van der Waals surface area contributed by atoms with Crippen molar-refractivity contribution in [2.45, 2.75) is 28.5 Å². The van der Waals surface area contributed by atoms with Crippen molar-refractivity contribution in [2.24, 2.45) is 0 Å². The minimum absolute atomic E-state index is 0.00336. The Morgan fingerprint density at radius 1 is 1.12 bits per heavy atom. The lowest BCUT2D eigenvalue weighted by Crippen LogP contribution is -2.19. The van der Waals surface area contributed by atoms with Crippen molar-refractivity contribution in [3.8, 4) is 0 Å². The molecule has 1 N–H and O–H groups in total. The minimum Gasteiger partial charge on any atom is -0.324 e. The SMILES string of the molecule is CSc1cccc(NC(=O)Cn2c(SCc3cccc(C(F)(F)F)c3)nc3ccncc32)c1. The molecule has 0 atom stereocenters. The van der Waals surface area contributed by atoms with Gasteiger partial charge in [0, 0.05) is 22.5 Å². The molecule has 4 aromatic rings. The summed E-state index contributed by atoms with van der Waals surface area (Å²) in [6.45, 7) is -0.00336. The lowest BCUT2D eigenvalue weighted by Gasteiger charge is -2.11. The maximum atomic E-state index is 13.0. The van der Waals surface area contributed by atoms with Gasteiger partial charge in [0.25, 0.3) is 0 Å². The number of rotatable bonds is 7. The zero-order valence-corrected chi connectivity index (χ0v) is 19.1. The van der Waals surface area contributed by atoms with Gasteiger partial charge in [0.15, 0.2) is 5.16 Å². The second-order valence-electron chi connectivity index (χ2n) is 7.11. The number of nitrogens with zero attached hydrogens (tertiary/aromatic N) is 3. The number of anilines is 1. The number of hydrogen-bond donors (Lipinski definition) is 1. The van der Waals surface area contributed by atoms with E-state index in [0.29, 0.717) is 27.4 Å². The Kier molecular flexibility index (Phi) is 6.94. The number of nitrogens with one attached hydrogen (secondary N) is 1. The number of carbonyl (C=O) groups is 1. The van der Waals surface area contributed by atoms with Crippen molar-refractivity contribution >= 4 is 46.2 Å². The van der Waals surface area contributed by atoms with Crippen LogP contribution in [-0.2, 0) is 23.3 Å². The summed E-state index contributed by atoms with van der Waals surface area (Å²) in [4.78, 5) is 22.5. The third kappa shape index (κ3) is 5.69. The summed E-state index contributed by atoms with van der Waals surface area (Å²) in [5.41, 5.74) is 1.85. The molecule has 0 radical (unpaired) electrons. The molecule has 0 aliphatic rings. The number of carbonyl (C=O) groups excluding carboxylic acids is 1. The molecule has 0 spiro atoms. The number of benzene rings is 2. The Bertz CT molecular complexity index is 1290. The van der Waals surface area contributed by atoms with Crippen molar-refractivity contribution in [3.63, 3.8) is 0 Å². The summed E-state index contributed by atoms with van der Waals surface area (Å²) < 4.78 is 40.8. The van der Waals surface area contributed by atoms with E-state index in [2.05, 4.69) is 15.3 Å². The molecule has 1 amide bonds. The normalized spacial score (nSPS) is 11.6. The molecule has 2 heterocycles. The van der Waals surface area contributed by atoms with Crippen molar-refractivity contribution in [3.05, 3.63) is 78.1 Å². The van der Waals surface area contributed by atoms with Gasteiger partial charge in [-0.25, -0.2) is 4.98 Å². The maximum absolute atomic E-state index is 13.0. The molecule has 10 heteroatoms. The first kappa shape index (κ1) is 23.2. The highest BCUT2D eigenvalue weighted by Gasteiger charge is 2.30. The lowest BCUT2D eigenvalue weighted by molar-refractivity contribution is -0.137. The van der Waals surface area contributed by atoms with E-state index in [0.717, 1.165) is 17.0 Å². The van der Waals surface area contributed by atoms with Crippen molar-refractivity contribution < 1.29 is 18.0 Å². The van der Waals surface area contributed by atoms with Crippen LogP contribution in [0.15, 0.2) is 77.0 Å². The monoisotopic (exact) mass is 488 g/mol. The number of halogens is 3. The Hall–Kier alpha value is -2.98. The molecule has 5 nitrogen and oxygen atoms in total. The second kappa shape index (κ2) is 9.88. The minimum atomic E-state index is -4.40. The van der Waals surface area contributed by atoms with E-state index < -0.39 is 11.7 Å². The van der Waals surface area contributed by atoms with E-state index in [-0.39, 0.29) is 18.2 Å². The van der Waals surface area contributed by atoms with Gasteiger partial charge in [-0.1, -0.05) is 36.0 Å². The second-order valence-corrected chi connectivity index (χ2v) is 8.93. The number of hydrogen-bond acceptors (Lipinski definition) is 5. The molecule has 0 aliphatic carbocycles. The first-order valence-electron chi connectivity index (χ1n) is 9.86. The summed E-state index contributed by atoms with van der Waals surface area (Å²) in [6, 6.07) is 14.5. The van der Waals surface area contributed by atoms with Crippen LogP contribution >= 0.6 is 23.5 Å². The molecule has 0 unspecified atom stereocenters. The van der Waals surface area contributed by atoms with Crippen LogP contribution in [0.4, 0.5) is 18.9 Å². The van der Waals surface area contributed by atoms with Crippen LogP contribution in [0, 0.1) is 0 Å². The molecule has 2 aromatic carbocycles. The van der Waals surface area contributed by atoms with Crippen LogP contribution < -0.4 is 5.32 Å². The Labute approximate surface area is 196 Å². The number of pyridine rings is 1. The molecule has 0 bridgehead atoms. The molecule has 33 heavy (non-hydrogen) atoms. The molecule has 2 aromatic heterocycles. The highest BCUT2D eigenvalue weighted by Crippen LogP contribution is 2.32. The Morgan fingerprint density at radius 3 is 2.73 bits per heavy atom. The van der Waals surface area contributed by atoms with E-state index in [1.165, 1.54) is 17.8 Å². The molecule has 0 aliphatic heterocycles. The smallest absolute Gasteiger partial charge is 0.324 e. The number of imidazole rings is 1. The van der Waals surface area contributed by atoms with Crippen LogP contribution in [0.2, 0.25) is 0 Å². The topological polar surface area (TPSA) is 59.8 Å². The zero-order chi connectivity index (χ0) is 23.4. The highest BCUT2D eigenvalue weighted by molar-refractivity contribution is 7.98. The van der Waals surface area contributed by atoms with Crippen LogP contribution in [0.25, 0.3) is 11.0 Å². The summed E-state index contributed by atoms with van der Waals surface area (Å²) >= 11 is 2.85. The molecule has 0 saturated carbocycles. The van der Waals surface area contributed by atoms with E-state index in [4.69, 9.17) is 0 Å². The van der Waals surface area contributed by atoms with Crippen LogP contribution in [0.5, 0.6) is 0 Å². The van der Waals surface area contributed by atoms with Gasteiger partial charge < -0.3 is 9.88 Å². The standard InChI is InChI=1S/C23H19F3N4OS2/c1-32-18-7-3-6-17(11-18)28-21(31)13-30-20-12-27-9-8-19(20)29-22(30)33-14-15-4-2-5-16(10-15)23(24,25)26/h2-12H,13-14H2,1H3,(H,28,31). The first-order chi connectivity index (χ1) is 15.8. The van der Waals surface area contributed by atoms with Gasteiger partial charge in [-0.05, 0) is 42.2 Å². The lowest BCUT2D eigenvalue weighted by atomic mass is 10.1. The fourth-order valence-electron chi connectivity index (χ4n) is 3.24. The summed E-state index contributed by atoms with van der Waals surface area (Å²) in [7, 11) is 0. The van der Waals surface area contributed by atoms with E-state index >= 15 is 0 Å². The maximum Gasteiger partial charge on any atom is 0.416 e. The molecular formula is C23H19F3N4OS2. The quantitative estimate of drug-likeness (QED) is 0.319. The van der Waals surface area contributed by atoms with Gasteiger partial charge in [-0.3, -0.25) is 9.78 Å². The summed E-state index contributed by atoms with van der Waals surface area (Å²) in [6.07, 6.45) is 0.790. The molecule has 170 valence electrons. The van der Waals surface area contributed by atoms with Gasteiger partial charge in [-0.2, -0.15) is 13.2 Å².